The van der Waals surface area contributed by atoms with E-state index in [1.54, 1.807) is 17.0 Å². The normalized spacial score (nSPS) is 21.7. The molecule has 6 nitrogen and oxygen atoms in total. The second-order valence-electron chi connectivity index (χ2n) is 6.03. The summed E-state index contributed by atoms with van der Waals surface area (Å²) in [5.41, 5.74) is 5.87. The molecule has 0 aromatic carbocycles. The summed E-state index contributed by atoms with van der Waals surface area (Å²) in [7, 11) is 0. The third kappa shape index (κ3) is 3.75. The average molecular weight is 305 g/mol. The van der Waals surface area contributed by atoms with Crippen molar-refractivity contribution in [2.24, 2.45) is 11.7 Å². The number of carbonyl (C=O) groups excluding carboxylic acids is 2. The molecule has 120 valence electrons. The second-order valence-corrected chi connectivity index (χ2v) is 6.03. The fourth-order valence-corrected chi connectivity index (χ4v) is 2.61. The third-order valence-corrected chi connectivity index (χ3v) is 3.89. The molecule has 0 radical (unpaired) electrons. The van der Waals surface area contributed by atoms with Gasteiger partial charge in [0.2, 0.25) is 11.8 Å². The number of likely N-dealkylation sites (tertiary alicyclic amines) is 1. The number of ether oxygens (including phenoxy) is 1. The Balaban J connectivity index is 2.10. The topological polar surface area (TPSA) is 85.5 Å². The van der Waals surface area contributed by atoms with Crippen LogP contribution in [-0.4, -0.2) is 40.4 Å². The summed E-state index contributed by atoms with van der Waals surface area (Å²) in [6.45, 7) is 6.19. The van der Waals surface area contributed by atoms with Gasteiger partial charge in [-0.2, -0.15) is 0 Å². The van der Waals surface area contributed by atoms with E-state index in [-0.39, 0.29) is 29.9 Å². The van der Waals surface area contributed by atoms with Crippen LogP contribution in [0.1, 0.15) is 44.0 Å². The summed E-state index contributed by atoms with van der Waals surface area (Å²) in [4.78, 5) is 29.8. The van der Waals surface area contributed by atoms with Crippen molar-refractivity contribution < 1.29 is 14.3 Å². The fraction of sp³-hybridized carbons (Fsp3) is 0.562. The number of piperidine rings is 1. The highest BCUT2D eigenvalue weighted by molar-refractivity contribution is 5.94. The minimum atomic E-state index is -0.344. The average Bonchev–Trinajstić information content (AvgIpc) is 2.47. The monoisotopic (exact) mass is 305 g/mol. The van der Waals surface area contributed by atoms with Crippen molar-refractivity contribution in [3.63, 3.8) is 0 Å². The summed E-state index contributed by atoms with van der Waals surface area (Å²) >= 11 is 0. The molecule has 0 spiro atoms. The highest BCUT2D eigenvalue weighted by Crippen LogP contribution is 2.23. The van der Waals surface area contributed by atoms with Crippen LogP contribution >= 0.6 is 0 Å². The van der Waals surface area contributed by atoms with Crippen LogP contribution in [0.15, 0.2) is 18.3 Å². The molecule has 1 saturated heterocycles. The molecular formula is C16H23N3O3. The molecule has 2 rings (SSSR count). The maximum atomic E-state index is 12.6. The number of hydrogen-bond donors (Lipinski definition) is 1. The minimum Gasteiger partial charge on any atom is -0.475 e. The van der Waals surface area contributed by atoms with Gasteiger partial charge in [0.05, 0.1) is 17.6 Å². The zero-order chi connectivity index (χ0) is 16.3. The highest BCUT2D eigenvalue weighted by atomic mass is 16.5. The van der Waals surface area contributed by atoms with Gasteiger partial charge in [-0.1, -0.05) is 0 Å². The molecule has 0 aliphatic carbocycles. The lowest BCUT2D eigenvalue weighted by molar-refractivity contribution is -0.123. The van der Waals surface area contributed by atoms with E-state index in [1.165, 1.54) is 6.20 Å². The number of primary amides is 1. The van der Waals surface area contributed by atoms with Crippen LogP contribution in [0.3, 0.4) is 0 Å². The summed E-state index contributed by atoms with van der Waals surface area (Å²) in [5, 5.41) is 0. The summed E-state index contributed by atoms with van der Waals surface area (Å²) in [6.07, 6.45) is 3.06. The number of pyridine rings is 1. The van der Waals surface area contributed by atoms with Crippen molar-refractivity contribution in [1.29, 1.82) is 0 Å². The molecule has 2 heterocycles. The number of amides is 2. The Bertz CT molecular complexity index is 542. The predicted molar refractivity (Wildman–Crippen MR) is 82.4 cm³/mol. The third-order valence-electron chi connectivity index (χ3n) is 3.89. The largest absolute Gasteiger partial charge is 0.475 e. The van der Waals surface area contributed by atoms with E-state index in [0.29, 0.717) is 18.0 Å². The Morgan fingerprint density at radius 2 is 2.09 bits per heavy atom. The SMILES string of the molecule is CC(C)Oc1ccc(C(=O)N2C[C@@H](C(N)=O)CC[C@@H]2C)cn1. The lowest BCUT2D eigenvalue weighted by atomic mass is 9.92. The highest BCUT2D eigenvalue weighted by Gasteiger charge is 2.32. The van der Waals surface area contributed by atoms with Crippen molar-refractivity contribution in [2.75, 3.05) is 6.54 Å². The van der Waals surface area contributed by atoms with Crippen LogP contribution < -0.4 is 10.5 Å². The molecule has 1 aliphatic heterocycles. The molecule has 6 heteroatoms. The van der Waals surface area contributed by atoms with E-state index >= 15 is 0 Å². The smallest absolute Gasteiger partial charge is 0.255 e. The molecule has 1 fully saturated rings. The summed E-state index contributed by atoms with van der Waals surface area (Å²) < 4.78 is 5.47. The maximum absolute atomic E-state index is 12.6. The number of hydrogen-bond acceptors (Lipinski definition) is 4. The number of nitrogens with two attached hydrogens (primary N) is 1. The predicted octanol–water partition coefficient (Wildman–Crippen LogP) is 1.59. The lowest BCUT2D eigenvalue weighted by Gasteiger charge is -2.36. The summed E-state index contributed by atoms with van der Waals surface area (Å²) in [6, 6.07) is 3.48. The first kappa shape index (κ1) is 16.3. The Labute approximate surface area is 130 Å². The van der Waals surface area contributed by atoms with Gasteiger partial charge in [0, 0.05) is 24.8 Å². The zero-order valence-electron chi connectivity index (χ0n) is 13.3. The van der Waals surface area contributed by atoms with Crippen molar-refractivity contribution in [3.05, 3.63) is 23.9 Å². The zero-order valence-corrected chi connectivity index (χ0v) is 13.3. The van der Waals surface area contributed by atoms with Crippen LogP contribution in [0.2, 0.25) is 0 Å². The van der Waals surface area contributed by atoms with Crippen LogP contribution in [0.4, 0.5) is 0 Å². The Morgan fingerprint density at radius 3 is 2.64 bits per heavy atom. The lowest BCUT2D eigenvalue weighted by Crippen LogP contribution is -2.48. The van der Waals surface area contributed by atoms with Crippen LogP contribution in [-0.2, 0) is 4.79 Å². The molecular weight excluding hydrogens is 282 g/mol. The van der Waals surface area contributed by atoms with Crippen molar-refractivity contribution >= 4 is 11.8 Å². The molecule has 2 N–H and O–H groups in total. The van der Waals surface area contributed by atoms with Gasteiger partial charge in [-0.25, -0.2) is 4.98 Å². The van der Waals surface area contributed by atoms with E-state index in [4.69, 9.17) is 10.5 Å². The van der Waals surface area contributed by atoms with Crippen molar-refractivity contribution in [3.8, 4) is 5.88 Å². The molecule has 22 heavy (non-hydrogen) atoms. The quantitative estimate of drug-likeness (QED) is 0.915. The van der Waals surface area contributed by atoms with Gasteiger partial charge in [0.1, 0.15) is 0 Å². The standard InChI is InChI=1S/C16H23N3O3/c1-10(2)22-14-7-6-12(8-18-14)16(21)19-9-13(15(17)20)5-4-11(19)3/h6-8,10-11,13H,4-5,9H2,1-3H3,(H2,17,20)/t11-,13-/m0/s1. The number of aromatic nitrogens is 1. The molecule has 1 aromatic heterocycles. The Kier molecular flexibility index (Phi) is 5.00. The van der Waals surface area contributed by atoms with Crippen LogP contribution in [0, 0.1) is 5.92 Å². The maximum Gasteiger partial charge on any atom is 0.255 e. The van der Waals surface area contributed by atoms with Gasteiger partial charge in [-0.3, -0.25) is 9.59 Å². The van der Waals surface area contributed by atoms with Crippen molar-refractivity contribution in [2.45, 2.75) is 45.8 Å². The second kappa shape index (κ2) is 6.77. The molecule has 2 atom stereocenters. The minimum absolute atomic E-state index is 0.0347. The fourth-order valence-electron chi connectivity index (χ4n) is 2.61. The van der Waals surface area contributed by atoms with Gasteiger partial charge in [0.15, 0.2) is 0 Å². The van der Waals surface area contributed by atoms with E-state index in [9.17, 15) is 9.59 Å². The van der Waals surface area contributed by atoms with E-state index in [2.05, 4.69) is 4.98 Å². The molecule has 0 unspecified atom stereocenters. The molecule has 1 aromatic rings. The van der Waals surface area contributed by atoms with E-state index < -0.39 is 0 Å². The van der Waals surface area contributed by atoms with Crippen LogP contribution in [0.5, 0.6) is 5.88 Å². The Morgan fingerprint density at radius 1 is 1.36 bits per heavy atom. The van der Waals surface area contributed by atoms with Gasteiger partial charge >= 0.3 is 0 Å². The van der Waals surface area contributed by atoms with Gasteiger partial charge in [0.25, 0.3) is 5.91 Å². The summed E-state index contributed by atoms with van der Waals surface area (Å²) in [5.74, 6) is -0.240. The number of carbonyl (C=O) groups is 2. The molecule has 2 amide bonds. The van der Waals surface area contributed by atoms with Gasteiger partial charge in [-0.15, -0.1) is 0 Å². The van der Waals surface area contributed by atoms with E-state index in [0.717, 1.165) is 12.8 Å². The van der Waals surface area contributed by atoms with E-state index in [1.807, 2.05) is 20.8 Å². The van der Waals surface area contributed by atoms with Crippen LogP contribution in [0.25, 0.3) is 0 Å². The van der Waals surface area contributed by atoms with Gasteiger partial charge in [-0.05, 0) is 39.7 Å². The first-order valence-corrected chi connectivity index (χ1v) is 7.61. The van der Waals surface area contributed by atoms with Gasteiger partial charge < -0.3 is 15.4 Å². The first-order chi connectivity index (χ1) is 10.4. The first-order valence-electron chi connectivity index (χ1n) is 7.61. The Hall–Kier alpha value is -2.11. The number of rotatable bonds is 4. The van der Waals surface area contributed by atoms with Crippen molar-refractivity contribution in [1.82, 2.24) is 9.88 Å². The molecule has 1 aliphatic rings. The molecule has 0 bridgehead atoms. The molecule has 0 saturated carbocycles. The number of nitrogens with zero attached hydrogens (tertiary/aromatic N) is 2.